The second-order valence-corrected chi connectivity index (χ2v) is 5.56. The zero-order chi connectivity index (χ0) is 12.8. The van der Waals surface area contributed by atoms with Crippen LogP contribution in [0.15, 0.2) is 0 Å². The zero-order valence-corrected chi connectivity index (χ0v) is 11.7. The molecule has 2 aliphatic rings. The summed E-state index contributed by atoms with van der Waals surface area (Å²) in [6, 6.07) is 0. The highest BCUT2D eigenvalue weighted by Gasteiger charge is 2.24. The SMILES string of the molecule is CC1CC(OCCNCC2CCCO2)CC(C)O1. The van der Waals surface area contributed by atoms with Gasteiger partial charge in [-0.25, -0.2) is 0 Å². The normalized spacial score (nSPS) is 37.0. The highest BCUT2D eigenvalue weighted by Crippen LogP contribution is 2.21. The molecule has 0 bridgehead atoms. The molecule has 3 atom stereocenters. The van der Waals surface area contributed by atoms with E-state index in [0.717, 1.165) is 39.1 Å². The fraction of sp³-hybridized carbons (Fsp3) is 1.00. The molecule has 0 radical (unpaired) electrons. The molecule has 2 aliphatic heterocycles. The van der Waals surface area contributed by atoms with E-state index < -0.39 is 0 Å². The van der Waals surface area contributed by atoms with E-state index in [1.165, 1.54) is 12.8 Å². The number of hydrogen-bond donors (Lipinski definition) is 1. The molecule has 0 aliphatic carbocycles. The van der Waals surface area contributed by atoms with Gasteiger partial charge < -0.3 is 19.5 Å². The third-order valence-corrected chi connectivity index (χ3v) is 3.68. The van der Waals surface area contributed by atoms with Gasteiger partial charge >= 0.3 is 0 Å². The van der Waals surface area contributed by atoms with E-state index in [1.807, 2.05) is 0 Å². The van der Waals surface area contributed by atoms with Crippen molar-refractivity contribution in [2.24, 2.45) is 0 Å². The molecule has 0 spiro atoms. The first-order chi connectivity index (χ1) is 8.74. The quantitative estimate of drug-likeness (QED) is 0.736. The largest absolute Gasteiger partial charge is 0.377 e. The first kappa shape index (κ1) is 14.3. The summed E-state index contributed by atoms with van der Waals surface area (Å²) in [6.45, 7) is 7.85. The van der Waals surface area contributed by atoms with E-state index in [0.29, 0.717) is 24.4 Å². The standard InChI is InChI=1S/C14H27NO3/c1-11-8-14(9-12(2)18-11)17-7-5-15-10-13-4-3-6-16-13/h11-15H,3-10H2,1-2H3. The monoisotopic (exact) mass is 257 g/mol. The maximum absolute atomic E-state index is 5.91. The van der Waals surface area contributed by atoms with Crippen LogP contribution in [0.4, 0.5) is 0 Å². The number of ether oxygens (including phenoxy) is 3. The number of hydrogen-bond acceptors (Lipinski definition) is 4. The second kappa shape index (κ2) is 7.43. The summed E-state index contributed by atoms with van der Waals surface area (Å²) in [4.78, 5) is 0. The van der Waals surface area contributed by atoms with Crippen molar-refractivity contribution in [2.45, 2.75) is 63.9 Å². The summed E-state index contributed by atoms with van der Waals surface area (Å²) in [5.74, 6) is 0. The first-order valence-electron chi connectivity index (χ1n) is 7.33. The van der Waals surface area contributed by atoms with Gasteiger partial charge in [0.25, 0.3) is 0 Å². The molecule has 4 heteroatoms. The first-order valence-corrected chi connectivity index (χ1v) is 7.33. The minimum Gasteiger partial charge on any atom is -0.377 e. The molecule has 0 aromatic rings. The average molecular weight is 257 g/mol. The van der Waals surface area contributed by atoms with Crippen molar-refractivity contribution in [3.05, 3.63) is 0 Å². The van der Waals surface area contributed by atoms with E-state index in [-0.39, 0.29) is 0 Å². The van der Waals surface area contributed by atoms with Gasteiger partial charge in [0.2, 0.25) is 0 Å². The van der Waals surface area contributed by atoms with Gasteiger partial charge in [-0.1, -0.05) is 0 Å². The van der Waals surface area contributed by atoms with Gasteiger partial charge in [-0.15, -0.1) is 0 Å². The Morgan fingerprint density at radius 3 is 2.67 bits per heavy atom. The van der Waals surface area contributed by atoms with Gasteiger partial charge in [0.15, 0.2) is 0 Å². The summed E-state index contributed by atoms with van der Waals surface area (Å²) in [5.41, 5.74) is 0. The fourth-order valence-electron chi connectivity index (χ4n) is 2.85. The highest BCUT2D eigenvalue weighted by atomic mass is 16.5. The summed E-state index contributed by atoms with van der Waals surface area (Å²) < 4.78 is 17.2. The van der Waals surface area contributed by atoms with E-state index in [1.54, 1.807) is 0 Å². The summed E-state index contributed by atoms with van der Waals surface area (Å²) >= 11 is 0. The maximum Gasteiger partial charge on any atom is 0.0700 e. The smallest absolute Gasteiger partial charge is 0.0700 e. The van der Waals surface area contributed by atoms with Gasteiger partial charge in [0.05, 0.1) is 31.0 Å². The topological polar surface area (TPSA) is 39.7 Å². The van der Waals surface area contributed by atoms with Crippen LogP contribution in [-0.4, -0.2) is 50.7 Å². The van der Waals surface area contributed by atoms with Crippen molar-refractivity contribution < 1.29 is 14.2 Å². The fourth-order valence-corrected chi connectivity index (χ4v) is 2.85. The molecule has 0 saturated carbocycles. The van der Waals surface area contributed by atoms with Crippen molar-refractivity contribution in [1.82, 2.24) is 5.32 Å². The van der Waals surface area contributed by atoms with Crippen molar-refractivity contribution in [2.75, 3.05) is 26.3 Å². The van der Waals surface area contributed by atoms with E-state index in [4.69, 9.17) is 14.2 Å². The van der Waals surface area contributed by atoms with Crippen LogP contribution in [0.2, 0.25) is 0 Å². The minimum atomic E-state index is 0.332. The van der Waals surface area contributed by atoms with Crippen molar-refractivity contribution >= 4 is 0 Å². The van der Waals surface area contributed by atoms with E-state index in [2.05, 4.69) is 19.2 Å². The molecule has 2 rings (SSSR count). The van der Waals surface area contributed by atoms with Gasteiger partial charge in [-0.3, -0.25) is 0 Å². The van der Waals surface area contributed by atoms with Crippen LogP contribution < -0.4 is 5.32 Å². The Balaban J connectivity index is 1.49. The second-order valence-electron chi connectivity index (χ2n) is 5.56. The van der Waals surface area contributed by atoms with Gasteiger partial charge in [0.1, 0.15) is 0 Å². The molecule has 2 saturated heterocycles. The van der Waals surface area contributed by atoms with E-state index in [9.17, 15) is 0 Å². The lowest BCUT2D eigenvalue weighted by Crippen LogP contribution is -2.36. The predicted octanol–water partition coefficient (Wildman–Crippen LogP) is 1.73. The number of nitrogens with one attached hydrogen (secondary N) is 1. The van der Waals surface area contributed by atoms with Gasteiger partial charge in [-0.2, -0.15) is 0 Å². The van der Waals surface area contributed by atoms with E-state index >= 15 is 0 Å². The van der Waals surface area contributed by atoms with Crippen LogP contribution >= 0.6 is 0 Å². The third kappa shape index (κ3) is 4.84. The Hall–Kier alpha value is -0.160. The molecule has 0 amide bonds. The third-order valence-electron chi connectivity index (χ3n) is 3.68. The Morgan fingerprint density at radius 1 is 1.22 bits per heavy atom. The molecule has 3 unspecified atom stereocenters. The van der Waals surface area contributed by atoms with Crippen molar-refractivity contribution in [1.29, 1.82) is 0 Å². The molecule has 0 aromatic carbocycles. The molecule has 0 aromatic heterocycles. The van der Waals surface area contributed by atoms with Gasteiger partial charge in [-0.05, 0) is 39.5 Å². The van der Waals surface area contributed by atoms with Crippen LogP contribution in [-0.2, 0) is 14.2 Å². The lowest BCUT2D eigenvalue weighted by Gasteiger charge is -2.32. The summed E-state index contributed by atoms with van der Waals surface area (Å²) in [7, 11) is 0. The Kier molecular flexibility index (Phi) is 5.89. The van der Waals surface area contributed by atoms with Crippen LogP contribution in [0.5, 0.6) is 0 Å². The summed E-state index contributed by atoms with van der Waals surface area (Å²) in [5, 5.41) is 3.41. The minimum absolute atomic E-state index is 0.332. The molecular formula is C14H27NO3. The predicted molar refractivity (Wildman–Crippen MR) is 70.8 cm³/mol. The lowest BCUT2D eigenvalue weighted by molar-refractivity contribution is -0.101. The molecule has 1 N–H and O–H groups in total. The average Bonchev–Trinajstić information content (AvgIpc) is 2.80. The van der Waals surface area contributed by atoms with Crippen LogP contribution in [0, 0.1) is 0 Å². The van der Waals surface area contributed by atoms with Crippen molar-refractivity contribution in [3.63, 3.8) is 0 Å². The Labute approximate surface area is 110 Å². The molecule has 106 valence electrons. The Morgan fingerprint density at radius 2 is 2.00 bits per heavy atom. The highest BCUT2D eigenvalue weighted by molar-refractivity contribution is 4.74. The molecule has 2 fully saturated rings. The van der Waals surface area contributed by atoms with Crippen LogP contribution in [0.25, 0.3) is 0 Å². The molecule has 2 heterocycles. The molecule has 4 nitrogen and oxygen atoms in total. The lowest BCUT2D eigenvalue weighted by atomic mass is 10.0. The molecule has 18 heavy (non-hydrogen) atoms. The van der Waals surface area contributed by atoms with Crippen LogP contribution in [0.3, 0.4) is 0 Å². The zero-order valence-electron chi connectivity index (χ0n) is 11.7. The van der Waals surface area contributed by atoms with Gasteiger partial charge in [0, 0.05) is 19.7 Å². The maximum atomic E-state index is 5.91. The Bertz CT molecular complexity index is 221. The van der Waals surface area contributed by atoms with Crippen LogP contribution in [0.1, 0.15) is 39.5 Å². The van der Waals surface area contributed by atoms with Crippen molar-refractivity contribution in [3.8, 4) is 0 Å². The number of rotatable bonds is 6. The summed E-state index contributed by atoms with van der Waals surface area (Å²) in [6.07, 6.45) is 5.91. The molecular weight excluding hydrogens is 230 g/mol.